The van der Waals surface area contributed by atoms with Crippen LogP contribution in [-0.2, 0) is 29.1 Å². The number of hydrogen-bond donors (Lipinski definition) is 1. The monoisotopic (exact) mass is 256 g/mol. The number of carbonyl (C=O) groups is 2. The molecule has 1 rings (SSSR count). The minimum absolute atomic E-state index is 0. The van der Waals surface area contributed by atoms with E-state index in [1.165, 1.54) is 5.69 Å². The smallest absolute Gasteiger partial charge is 0.456 e. The zero-order valence-electron chi connectivity index (χ0n) is 7.16. The zero-order chi connectivity index (χ0) is 9.28. The molecule has 0 bridgehead atoms. The molecule has 4 heteroatoms. The van der Waals surface area contributed by atoms with Gasteiger partial charge < -0.3 is 14.6 Å². The summed E-state index contributed by atoms with van der Waals surface area (Å²) in [6.45, 7) is 8.01. The first-order valence-corrected chi connectivity index (χ1v) is 2.90. The number of aromatic nitrogens is 1. The van der Waals surface area contributed by atoms with Crippen molar-refractivity contribution in [1.82, 2.24) is 4.98 Å². The molecule has 1 heterocycles. The van der Waals surface area contributed by atoms with Crippen molar-refractivity contribution >= 4 is 13.6 Å². The molecule has 0 aliphatic heterocycles. The molecule has 0 atom stereocenters. The molecule has 12 heavy (non-hydrogen) atoms. The van der Waals surface area contributed by atoms with E-state index in [4.69, 9.17) is 9.59 Å². The van der Waals surface area contributed by atoms with Gasteiger partial charge in [-0.1, -0.05) is 12.6 Å². The average molecular weight is 255 g/mol. The summed E-state index contributed by atoms with van der Waals surface area (Å²) in [4.78, 5) is 19.1. The quantitative estimate of drug-likeness (QED) is 0.556. The molecule has 1 aromatic heterocycles. The Morgan fingerprint density at radius 1 is 1.25 bits per heavy atom. The van der Waals surface area contributed by atoms with E-state index in [1.807, 2.05) is 33.5 Å². The van der Waals surface area contributed by atoms with Gasteiger partial charge in [-0.15, -0.1) is 5.69 Å². The summed E-state index contributed by atoms with van der Waals surface area (Å²) in [6.07, 6.45) is 0. The molecule has 0 unspecified atom stereocenters. The van der Waals surface area contributed by atoms with Gasteiger partial charge in [0.05, 0.1) is 0 Å². The average Bonchev–Trinajstić information content (AvgIpc) is 2.43. The second-order valence-electron chi connectivity index (χ2n) is 1.72. The molecule has 0 aliphatic carbocycles. The second-order valence-corrected chi connectivity index (χ2v) is 1.72. The number of nitrogens with one attached hydrogen (secondary N) is 1. The summed E-state index contributed by atoms with van der Waals surface area (Å²) in [7, 11) is 0. The second kappa shape index (κ2) is 12.9. The molecule has 0 saturated carbocycles. The van der Waals surface area contributed by atoms with Crippen molar-refractivity contribution in [2.45, 2.75) is 13.8 Å². The number of rotatable bonds is 0. The van der Waals surface area contributed by atoms with Gasteiger partial charge in [0.2, 0.25) is 0 Å². The Hall–Kier alpha value is -0.757. The molecule has 3 nitrogen and oxygen atoms in total. The number of aryl methyl sites for hydroxylation is 2. The Balaban J connectivity index is -0.000000144. The third kappa shape index (κ3) is 9.24. The van der Waals surface area contributed by atoms with Gasteiger partial charge in [0.1, 0.15) is 13.6 Å². The van der Waals surface area contributed by atoms with Gasteiger partial charge in [0.15, 0.2) is 0 Å². The van der Waals surface area contributed by atoms with Crippen molar-refractivity contribution in [3.63, 3.8) is 0 Å². The number of H-pyrrole nitrogens is 1. The van der Waals surface area contributed by atoms with Crippen LogP contribution < -0.4 is 0 Å². The molecule has 1 aromatic rings. The summed E-state index contributed by atoms with van der Waals surface area (Å²) >= 11 is 0. The fraction of sp³-hybridized carbons (Fsp3) is 0.250. The molecular weight excluding hydrogens is 243 g/mol. The molecule has 69 valence electrons. The molecular formula is C8H12NO2Ru. The third-order valence-corrected chi connectivity index (χ3v) is 0.890. The Morgan fingerprint density at radius 3 is 1.75 bits per heavy atom. The summed E-state index contributed by atoms with van der Waals surface area (Å²) < 4.78 is 0. The van der Waals surface area contributed by atoms with Crippen molar-refractivity contribution < 1.29 is 29.1 Å². The molecule has 1 radical (unpaired) electrons. The Labute approximate surface area is 85.3 Å². The van der Waals surface area contributed by atoms with Crippen LogP contribution in [0.3, 0.4) is 0 Å². The maximum atomic E-state index is 8.00. The molecule has 0 spiro atoms. The Bertz CT molecular complexity index is 170. The van der Waals surface area contributed by atoms with Crippen LogP contribution in [-0.4, -0.2) is 18.6 Å². The summed E-state index contributed by atoms with van der Waals surface area (Å²) in [5.74, 6) is 0. The van der Waals surface area contributed by atoms with Crippen molar-refractivity contribution in [2.24, 2.45) is 0 Å². The maximum absolute atomic E-state index is 8.00. The largest absolute Gasteiger partial charge is 1.00 e. The van der Waals surface area contributed by atoms with Gasteiger partial charge in [-0.3, -0.25) is 0 Å². The molecule has 0 saturated heterocycles. The zero-order valence-corrected chi connectivity index (χ0v) is 8.90. The minimum Gasteiger partial charge on any atom is -0.456 e. The van der Waals surface area contributed by atoms with Gasteiger partial charge in [-0.25, -0.2) is 12.1 Å². The first-order valence-electron chi connectivity index (χ1n) is 2.90. The van der Waals surface area contributed by atoms with Crippen molar-refractivity contribution in [3.05, 3.63) is 23.5 Å². The molecule has 0 fully saturated rings. The van der Waals surface area contributed by atoms with Crippen LogP contribution in [0.2, 0.25) is 0 Å². The van der Waals surface area contributed by atoms with E-state index in [0.717, 1.165) is 5.69 Å². The Kier molecular flexibility index (Phi) is 18.6. The van der Waals surface area contributed by atoms with Crippen molar-refractivity contribution in [1.29, 1.82) is 0 Å². The van der Waals surface area contributed by atoms with Crippen LogP contribution in [0.5, 0.6) is 0 Å². The number of carbonyl (C=O) groups excluding carboxylic acids is 2. The van der Waals surface area contributed by atoms with Crippen LogP contribution in [0.15, 0.2) is 6.07 Å². The van der Waals surface area contributed by atoms with E-state index < -0.39 is 0 Å². The molecule has 0 amide bonds. The van der Waals surface area contributed by atoms with Gasteiger partial charge in [-0.05, 0) is 6.92 Å². The van der Waals surface area contributed by atoms with Gasteiger partial charge in [-0.2, -0.15) is 0 Å². The van der Waals surface area contributed by atoms with E-state index in [-0.39, 0.29) is 19.5 Å². The van der Waals surface area contributed by atoms with Crippen LogP contribution in [0.25, 0.3) is 0 Å². The van der Waals surface area contributed by atoms with E-state index >= 15 is 0 Å². The SMILES string of the molecule is C=O.C=O.Cc1[c-]cc(C)[nH]1.[Ru+]. The summed E-state index contributed by atoms with van der Waals surface area (Å²) in [5, 5.41) is 0. The molecule has 0 aromatic carbocycles. The van der Waals surface area contributed by atoms with Gasteiger partial charge >= 0.3 is 19.5 Å². The van der Waals surface area contributed by atoms with Crippen LogP contribution >= 0.6 is 0 Å². The van der Waals surface area contributed by atoms with E-state index in [0.29, 0.717) is 0 Å². The Morgan fingerprint density at radius 2 is 1.67 bits per heavy atom. The van der Waals surface area contributed by atoms with Gasteiger partial charge in [0.25, 0.3) is 0 Å². The van der Waals surface area contributed by atoms with Gasteiger partial charge in [0, 0.05) is 0 Å². The molecule has 1 N–H and O–H groups in total. The van der Waals surface area contributed by atoms with Crippen molar-refractivity contribution in [2.75, 3.05) is 0 Å². The fourth-order valence-corrected chi connectivity index (χ4v) is 0.584. The first kappa shape index (κ1) is 17.4. The number of aromatic amines is 1. The van der Waals surface area contributed by atoms with Crippen molar-refractivity contribution in [3.8, 4) is 0 Å². The number of hydrogen-bond acceptors (Lipinski definition) is 2. The van der Waals surface area contributed by atoms with Crippen LogP contribution in [0, 0.1) is 19.9 Å². The predicted octanol–water partition coefficient (Wildman–Crippen LogP) is 1.06. The van der Waals surface area contributed by atoms with Crippen LogP contribution in [0.4, 0.5) is 0 Å². The van der Waals surface area contributed by atoms with Crippen LogP contribution in [0.1, 0.15) is 11.4 Å². The predicted molar refractivity (Wildman–Crippen MR) is 43.3 cm³/mol. The standard InChI is InChI=1S/C6H8N.2CH2O.Ru/c1-5-3-4-6(2)7-5;2*1-2;/h3,7H,1-2H3;2*1H2;/q-1;;;+1. The molecule has 0 aliphatic rings. The summed E-state index contributed by atoms with van der Waals surface area (Å²) in [5.41, 5.74) is 2.29. The minimum atomic E-state index is 0. The normalized spacial score (nSPS) is 6.17. The maximum Gasteiger partial charge on any atom is 1.00 e. The summed E-state index contributed by atoms with van der Waals surface area (Å²) in [6, 6.07) is 4.95. The van der Waals surface area contributed by atoms with E-state index in [1.54, 1.807) is 0 Å². The first-order chi connectivity index (χ1) is 5.29. The van der Waals surface area contributed by atoms with E-state index in [9.17, 15) is 0 Å². The topological polar surface area (TPSA) is 49.9 Å². The fourth-order valence-electron chi connectivity index (χ4n) is 0.584. The third-order valence-electron chi connectivity index (χ3n) is 0.890. The van der Waals surface area contributed by atoms with E-state index in [2.05, 4.69) is 11.1 Å².